The van der Waals surface area contributed by atoms with E-state index in [1.807, 2.05) is 25.1 Å². The standard InChI is InChI=1S/C14H14N4O2/c1-8-2-5-12(19-8)10-7-11(17-16-10)14-15-13(18-20-14)6-9-3-4-9/h2,5,7,9H,3-4,6H2,1H3,(H,16,17). The largest absolute Gasteiger partial charge is 0.460 e. The Kier molecular flexibility index (Phi) is 2.48. The fourth-order valence-corrected chi connectivity index (χ4v) is 2.16. The Morgan fingerprint density at radius 3 is 3.00 bits per heavy atom. The molecule has 0 unspecified atom stereocenters. The van der Waals surface area contributed by atoms with Gasteiger partial charge >= 0.3 is 0 Å². The second-order valence-electron chi connectivity index (χ2n) is 5.24. The molecule has 6 heteroatoms. The van der Waals surface area contributed by atoms with Gasteiger partial charge in [0.2, 0.25) is 0 Å². The van der Waals surface area contributed by atoms with E-state index in [-0.39, 0.29) is 0 Å². The van der Waals surface area contributed by atoms with Gasteiger partial charge in [-0.25, -0.2) is 0 Å². The van der Waals surface area contributed by atoms with Crippen LogP contribution in [0.1, 0.15) is 24.4 Å². The number of nitrogens with zero attached hydrogens (tertiary/aromatic N) is 3. The van der Waals surface area contributed by atoms with Crippen LogP contribution in [-0.4, -0.2) is 20.3 Å². The number of aromatic amines is 1. The lowest BCUT2D eigenvalue weighted by Gasteiger charge is -1.87. The summed E-state index contributed by atoms with van der Waals surface area (Å²) in [5, 5.41) is 11.1. The summed E-state index contributed by atoms with van der Waals surface area (Å²) in [7, 11) is 0. The van der Waals surface area contributed by atoms with Gasteiger partial charge in [-0.15, -0.1) is 0 Å². The molecule has 6 nitrogen and oxygen atoms in total. The molecule has 3 heterocycles. The van der Waals surface area contributed by atoms with Crippen LogP contribution in [0.3, 0.4) is 0 Å². The summed E-state index contributed by atoms with van der Waals surface area (Å²) in [4.78, 5) is 4.39. The van der Waals surface area contributed by atoms with Gasteiger partial charge in [0.1, 0.15) is 17.1 Å². The highest BCUT2D eigenvalue weighted by Crippen LogP contribution is 2.32. The average molecular weight is 270 g/mol. The summed E-state index contributed by atoms with van der Waals surface area (Å²) in [6.07, 6.45) is 3.45. The molecule has 1 aliphatic carbocycles. The first-order valence-electron chi connectivity index (χ1n) is 6.73. The van der Waals surface area contributed by atoms with Crippen LogP contribution in [0, 0.1) is 12.8 Å². The van der Waals surface area contributed by atoms with Crippen LogP contribution < -0.4 is 0 Å². The van der Waals surface area contributed by atoms with Crippen LogP contribution >= 0.6 is 0 Å². The molecule has 0 atom stereocenters. The third-order valence-corrected chi connectivity index (χ3v) is 3.44. The number of aryl methyl sites for hydroxylation is 1. The van der Waals surface area contributed by atoms with Crippen molar-refractivity contribution in [3.63, 3.8) is 0 Å². The van der Waals surface area contributed by atoms with Crippen molar-refractivity contribution in [1.29, 1.82) is 0 Å². The average Bonchev–Trinajstić information content (AvgIpc) is 2.87. The number of furan rings is 1. The lowest BCUT2D eigenvalue weighted by atomic mass is 10.3. The van der Waals surface area contributed by atoms with Crippen molar-refractivity contribution in [3.8, 4) is 23.0 Å². The molecule has 0 aromatic carbocycles. The Labute approximate surface area is 115 Å². The summed E-state index contributed by atoms with van der Waals surface area (Å²) in [6, 6.07) is 5.65. The minimum atomic E-state index is 0.475. The highest BCUT2D eigenvalue weighted by molar-refractivity contribution is 5.60. The number of rotatable bonds is 4. The van der Waals surface area contributed by atoms with Crippen LogP contribution in [0.15, 0.2) is 27.1 Å². The molecular weight excluding hydrogens is 256 g/mol. The molecule has 1 saturated carbocycles. The highest BCUT2D eigenvalue weighted by atomic mass is 16.5. The maximum Gasteiger partial charge on any atom is 0.275 e. The van der Waals surface area contributed by atoms with Crippen LogP contribution in [0.2, 0.25) is 0 Å². The van der Waals surface area contributed by atoms with E-state index in [1.54, 1.807) is 0 Å². The predicted octanol–water partition coefficient (Wildman–Crippen LogP) is 2.98. The zero-order valence-corrected chi connectivity index (χ0v) is 11.1. The molecule has 1 fully saturated rings. The first-order valence-corrected chi connectivity index (χ1v) is 6.73. The molecule has 0 bridgehead atoms. The first-order chi connectivity index (χ1) is 9.78. The third-order valence-electron chi connectivity index (χ3n) is 3.44. The van der Waals surface area contributed by atoms with Gasteiger partial charge in [0, 0.05) is 12.5 Å². The van der Waals surface area contributed by atoms with Crippen molar-refractivity contribution < 1.29 is 8.94 Å². The molecule has 0 radical (unpaired) electrons. The normalized spacial score (nSPS) is 14.8. The molecular formula is C14H14N4O2. The molecule has 1 N–H and O–H groups in total. The summed E-state index contributed by atoms with van der Waals surface area (Å²) < 4.78 is 10.8. The van der Waals surface area contributed by atoms with Crippen LogP contribution in [0.4, 0.5) is 0 Å². The van der Waals surface area contributed by atoms with Crippen LogP contribution in [0.25, 0.3) is 23.0 Å². The fourth-order valence-electron chi connectivity index (χ4n) is 2.16. The minimum absolute atomic E-state index is 0.475. The zero-order valence-electron chi connectivity index (χ0n) is 11.1. The molecule has 0 saturated heterocycles. The molecule has 0 aliphatic heterocycles. The van der Waals surface area contributed by atoms with Crippen molar-refractivity contribution in [1.82, 2.24) is 20.3 Å². The molecule has 3 aromatic heterocycles. The lowest BCUT2D eigenvalue weighted by molar-refractivity contribution is 0.419. The van der Waals surface area contributed by atoms with E-state index in [0.717, 1.165) is 35.4 Å². The highest BCUT2D eigenvalue weighted by Gasteiger charge is 2.24. The van der Waals surface area contributed by atoms with E-state index in [9.17, 15) is 0 Å². The van der Waals surface area contributed by atoms with Gasteiger partial charge in [0.05, 0.1) is 0 Å². The molecule has 102 valence electrons. The zero-order chi connectivity index (χ0) is 13.5. The summed E-state index contributed by atoms with van der Waals surface area (Å²) in [5.74, 6) is 3.57. The number of aromatic nitrogens is 4. The quantitative estimate of drug-likeness (QED) is 0.788. The maximum absolute atomic E-state index is 5.54. The van der Waals surface area contributed by atoms with Crippen LogP contribution in [0.5, 0.6) is 0 Å². The Bertz CT molecular complexity index is 736. The van der Waals surface area contributed by atoms with Gasteiger partial charge in [0.25, 0.3) is 5.89 Å². The maximum atomic E-state index is 5.54. The van der Waals surface area contributed by atoms with Gasteiger partial charge in [-0.3, -0.25) is 5.10 Å². The fraction of sp³-hybridized carbons (Fsp3) is 0.357. The summed E-state index contributed by atoms with van der Waals surface area (Å²) in [5.41, 5.74) is 1.44. The second kappa shape index (κ2) is 4.33. The minimum Gasteiger partial charge on any atom is -0.460 e. The lowest BCUT2D eigenvalue weighted by Crippen LogP contribution is -1.89. The molecule has 0 spiro atoms. The van der Waals surface area contributed by atoms with Gasteiger partial charge in [-0.05, 0) is 37.8 Å². The summed E-state index contributed by atoms with van der Waals surface area (Å²) in [6.45, 7) is 1.90. The van der Waals surface area contributed by atoms with Gasteiger partial charge < -0.3 is 8.94 Å². The second-order valence-corrected chi connectivity index (χ2v) is 5.24. The van der Waals surface area contributed by atoms with E-state index in [1.165, 1.54) is 12.8 Å². The van der Waals surface area contributed by atoms with Crippen molar-refractivity contribution in [2.75, 3.05) is 0 Å². The summed E-state index contributed by atoms with van der Waals surface area (Å²) >= 11 is 0. The van der Waals surface area contributed by atoms with Gasteiger partial charge in [0.15, 0.2) is 11.6 Å². The monoisotopic (exact) mass is 270 g/mol. The van der Waals surface area contributed by atoms with Gasteiger partial charge in [-0.1, -0.05) is 5.16 Å². The number of hydrogen-bond acceptors (Lipinski definition) is 5. The Morgan fingerprint density at radius 2 is 2.25 bits per heavy atom. The van der Waals surface area contributed by atoms with Crippen molar-refractivity contribution in [3.05, 3.63) is 29.8 Å². The van der Waals surface area contributed by atoms with E-state index in [0.29, 0.717) is 11.6 Å². The number of nitrogens with one attached hydrogen (secondary N) is 1. The van der Waals surface area contributed by atoms with Crippen molar-refractivity contribution >= 4 is 0 Å². The van der Waals surface area contributed by atoms with Crippen molar-refractivity contribution in [2.24, 2.45) is 5.92 Å². The van der Waals surface area contributed by atoms with Gasteiger partial charge in [-0.2, -0.15) is 10.1 Å². The third kappa shape index (κ3) is 2.13. The molecule has 20 heavy (non-hydrogen) atoms. The Balaban J connectivity index is 1.59. The van der Waals surface area contributed by atoms with E-state index in [2.05, 4.69) is 20.3 Å². The van der Waals surface area contributed by atoms with Crippen LogP contribution in [-0.2, 0) is 6.42 Å². The van der Waals surface area contributed by atoms with E-state index < -0.39 is 0 Å². The SMILES string of the molecule is Cc1ccc(-c2cc(-c3nc(CC4CC4)no3)[nH]n2)o1. The Hall–Kier alpha value is -2.37. The first kappa shape index (κ1) is 11.5. The smallest absolute Gasteiger partial charge is 0.275 e. The van der Waals surface area contributed by atoms with E-state index in [4.69, 9.17) is 8.94 Å². The number of hydrogen-bond donors (Lipinski definition) is 1. The van der Waals surface area contributed by atoms with E-state index >= 15 is 0 Å². The van der Waals surface area contributed by atoms with Crippen molar-refractivity contribution in [2.45, 2.75) is 26.2 Å². The molecule has 0 amide bonds. The molecule has 3 aromatic rings. The Morgan fingerprint density at radius 1 is 1.35 bits per heavy atom. The molecule has 1 aliphatic rings. The molecule has 4 rings (SSSR count). The topological polar surface area (TPSA) is 80.7 Å². The predicted molar refractivity (Wildman–Crippen MR) is 70.7 cm³/mol. The number of H-pyrrole nitrogens is 1.